The molecule has 6 heteroatoms. The fourth-order valence-electron chi connectivity index (χ4n) is 0.756. The van der Waals surface area contributed by atoms with Crippen molar-refractivity contribution in [1.82, 2.24) is 0 Å². The maximum Gasteiger partial charge on any atom is 0.416 e. The molecule has 1 unspecified atom stereocenters. The van der Waals surface area contributed by atoms with Gasteiger partial charge in [-0.15, -0.1) is 0 Å². The summed E-state index contributed by atoms with van der Waals surface area (Å²) >= 11 is 0. The molecule has 1 rings (SSSR count). The summed E-state index contributed by atoms with van der Waals surface area (Å²) in [5, 5.41) is 0. The van der Waals surface area contributed by atoms with Crippen LogP contribution in [0.3, 0.4) is 0 Å². The minimum Gasteiger partial charge on any atom is -0.166 e. The lowest BCUT2D eigenvalue weighted by molar-refractivity contribution is -0.137. The Balaban J connectivity index is 2.94. The highest BCUT2D eigenvalue weighted by molar-refractivity contribution is 8.13. The molecule has 0 aliphatic heterocycles. The zero-order valence-corrected chi connectivity index (χ0v) is 7.75. The maximum atomic E-state index is 12.0. The standard InChI is InChI=1S/C7H5ClF3OS/c8-13(12)6-3-1-5(2-4-6)7(9,10)11/h1-4,12H/q+1. The second kappa shape index (κ2) is 3.77. The Morgan fingerprint density at radius 1 is 1.15 bits per heavy atom. The summed E-state index contributed by atoms with van der Waals surface area (Å²) < 4.78 is 44.9. The highest BCUT2D eigenvalue weighted by Crippen LogP contribution is 2.30. The monoisotopic (exact) mass is 229 g/mol. The lowest BCUT2D eigenvalue weighted by Gasteiger charge is -2.04. The highest BCUT2D eigenvalue weighted by Gasteiger charge is 2.31. The predicted octanol–water partition coefficient (Wildman–Crippen LogP) is 3.31. The molecule has 0 aromatic heterocycles. The van der Waals surface area contributed by atoms with Crippen molar-refractivity contribution in [3.05, 3.63) is 29.8 Å². The van der Waals surface area contributed by atoms with Gasteiger partial charge in [0.05, 0.1) is 5.56 Å². The van der Waals surface area contributed by atoms with Crippen LogP contribution in [0.25, 0.3) is 0 Å². The number of benzene rings is 1. The van der Waals surface area contributed by atoms with Gasteiger partial charge < -0.3 is 0 Å². The molecule has 0 radical (unpaired) electrons. The third-order valence-corrected chi connectivity index (χ3v) is 2.57. The largest absolute Gasteiger partial charge is 0.416 e. The first-order valence-corrected chi connectivity index (χ1v) is 5.19. The summed E-state index contributed by atoms with van der Waals surface area (Å²) in [4.78, 5) is 0.273. The van der Waals surface area contributed by atoms with Crippen LogP contribution in [0.5, 0.6) is 0 Å². The molecule has 1 atom stereocenters. The molecule has 1 aromatic carbocycles. The van der Waals surface area contributed by atoms with E-state index < -0.39 is 22.1 Å². The van der Waals surface area contributed by atoms with Crippen LogP contribution in [-0.4, -0.2) is 4.55 Å². The normalized spacial score (nSPS) is 14.2. The summed E-state index contributed by atoms with van der Waals surface area (Å²) in [7, 11) is 3.76. The van der Waals surface area contributed by atoms with E-state index in [-0.39, 0.29) is 4.90 Å². The summed E-state index contributed by atoms with van der Waals surface area (Å²) in [6, 6.07) is 4.07. The van der Waals surface area contributed by atoms with Crippen molar-refractivity contribution < 1.29 is 17.7 Å². The molecule has 1 N–H and O–H groups in total. The number of hydrogen-bond donors (Lipinski definition) is 1. The van der Waals surface area contributed by atoms with Gasteiger partial charge in [-0.2, -0.15) is 17.7 Å². The summed E-state index contributed by atoms with van der Waals surface area (Å²) in [6.45, 7) is 0. The second-order valence-corrected chi connectivity index (χ2v) is 4.08. The average Bonchev–Trinajstić information content (AvgIpc) is 2.03. The van der Waals surface area contributed by atoms with Crippen molar-refractivity contribution in [2.45, 2.75) is 11.1 Å². The quantitative estimate of drug-likeness (QED) is 0.733. The molecule has 0 amide bonds. The van der Waals surface area contributed by atoms with Crippen LogP contribution in [0.15, 0.2) is 29.2 Å². The molecule has 1 aromatic rings. The lowest BCUT2D eigenvalue weighted by Crippen LogP contribution is -2.04. The van der Waals surface area contributed by atoms with Crippen LogP contribution in [0.4, 0.5) is 13.2 Å². The van der Waals surface area contributed by atoms with Crippen molar-refractivity contribution in [2.75, 3.05) is 0 Å². The Labute approximate surface area is 80.2 Å². The zero-order chi connectivity index (χ0) is 10.1. The van der Waals surface area contributed by atoms with E-state index in [4.69, 9.17) is 15.2 Å². The van der Waals surface area contributed by atoms with Crippen LogP contribution in [0, 0.1) is 0 Å². The van der Waals surface area contributed by atoms with Crippen molar-refractivity contribution >= 4 is 21.1 Å². The minimum absolute atomic E-state index is 0.273. The number of rotatable bonds is 1. The summed E-state index contributed by atoms with van der Waals surface area (Å²) in [5.74, 6) is 0. The summed E-state index contributed by atoms with van der Waals surface area (Å²) in [5.41, 5.74) is -0.752. The van der Waals surface area contributed by atoms with E-state index in [0.717, 1.165) is 24.3 Å². The van der Waals surface area contributed by atoms with E-state index >= 15 is 0 Å². The average molecular weight is 230 g/mol. The Hall–Kier alpha value is -0.390. The van der Waals surface area contributed by atoms with Crippen molar-refractivity contribution in [3.63, 3.8) is 0 Å². The Morgan fingerprint density at radius 2 is 1.62 bits per heavy atom. The first-order chi connectivity index (χ1) is 5.91. The van der Waals surface area contributed by atoms with Gasteiger partial charge in [0.25, 0.3) is 10.4 Å². The molecule has 0 saturated heterocycles. The fraction of sp³-hybridized carbons (Fsp3) is 0.143. The van der Waals surface area contributed by atoms with E-state index in [1.807, 2.05) is 0 Å². The van der Waals surface area contributed by atoms with E-state index in [1.54, 1.807) is 0 Å². The van der Waals surface area contributed by atoms with E-state index in [0.29, 0.717) is 0 Å². The van der Waals surface area contributed by atoms with E-state index in [1.165, 1.54) is 0 Å². The number of alkyl halides is 3. The molecular formula is C7H5ClF3OS+. The first-order valence-electron chi connectivity index (χ1n) is 3.18. The topological polar surface area (TPSA) is 20.2 Å². The SMILES string of the molecule is O[S+](Cl)c1ccc(C(F)(F)F)cc1. The molecule has 0 aliphatic carbocycles. The van der Waals surface area contributed by atoms with E-state index in [9.17, 15) is 13.2 Å². The van der Waals surface area contributed by atoms with Gasteiger partial charge in [-0.05, 0) is 24.3 Å². The Kier molecular flexibility index (Phi) is 3.10. The van der Waals surface area contributed by atoms with Crippen LogP contribution >= 0.6 is 10.7 Å². The molecule has 13 heavy (non-hydrogen) atoms. The third kappa shape index (κ3) is 2.79. The lowest BCUT2D eigenvalue weighted by atomic mass is 10.2. The predicted molar refractivity (Wildman–Crippen MR) is 45.6 cm³/mol. The molecule has 0 bridgehead atoms. The Bertz CT molecular complexity index is 283. The molecule has 0 saturated carbocycles. The Morgan fingerprint density at radius 3 is 1.92 bits per heavy atom. The third-order valence-electron chi connectivity index (χ3n) is 1.38. The molecule has 0 aliphatic rings. The van der Waals surface area contributed by atoms with Crippen molar-refractivity contribution in [2.24, 2.45) is 0 Å². The minimum atomic E-state index is -4.35. The molecule has 72 valence electrons. The number of halogens is 4. The molecular weight excluding hydrogens is 225 g/mol. The van der Waals surface area contributed by atoms with Gasteiger partial charge >= 0.3 is 6.18 Å². The van der Waals surface area contributed by atoms with Crippen molar-refractivity contribution in [3.8, 4) is 0 Å². The van der Waals surface area contributed by atoms with Gasteiger partial charge in [0.1, 0.15) is 0 Å². The molecule has 0 heterocycles. The first kappa shape index (κ1) is 10.7. The molecule has 1 nitrogen and oxygen atoms in total. The maximum absolute atomic E-state index is 12.0. The van der Waals surface area contributed by atoms with Crippen LogP contribution in [0.2, 0.25) is 0 Å². The highest BCUT2D eigenvalue weighted by atomic mass is 35.7. The van der Waals surface area contributed by atoms with Gasteiger partial charge in [-0.3, -0.25) is 0 Å². The number of hydrogen-bond acceptors (Lipinski definition) is 1. The van der Waals surface area contributed by atoms with Gasteiger partial charge in [0, 0.05) is 0 Å². The van der Waals surface area contributed by atoms with Gasteiger partial charge in [-0.25, -0.2) is 0 Å². The van der Waals surface area contributed by atoms with Crippen LogP contribution in [0.1, 0.15) is 5.56 Å². The van der Waals surface area contributed by atoms with E-state index in [2.05, 4.69) is 0 Å². The van der Waals surface area contributed by atoms with Gasteiger partial charge in [-0.1, -0.05) is 0 Å². The van der Waals surface area contributed by atoms with Crippen molar-refractivity contribution in [1.29, 1.82) is 0 Å². The van der Waals surface area contributed by atoms with Crippen LogP contribution in [-0.2, 0) is 16.6 Å². The summed E-state index contributed by atoms with van der Waals surface area (Å²) in [6.07, 6.45) is -4.35. The van der Waals surface area contributed by atoms with Gasteiger partial charge in [0.2, 0.25) is 15.6 Å². The van der Waals surface area contributed by atoms with Gasteiger partial charge in [0.15, 0.2) is 0 Å². The zero-order valence-electron chi connectivity index (χ0n) is 6.18. The van der Waals surface area contributed by atoms with Crippen LogP contribution < -0.4 is 0 Å². The molecule has 0 fully saturated rings. The molecule has 0 spiro atoms. The smallest absolute Gasteiger partial charge is 0.166 e. The second-order valence-electron chi connectivity index (χ2n) is 2.26. The fourth-order valence-corrected chi connectivity index (χ4v) is 1.43.